The van der Waals surface area contributed by atoms with Crippen LogP contribution in [0.25, 0.3) is 10.8 Å². The number of carbonyl (C=O) groups is 2. The molecule has 6 rings (SSSR count). The maximum Gasteiger partial charge on any atom is 0.240 e. The molecule has 3 heterocycles. The summed E-state index contributed by atoms with van der Waals surface area (Å²) in [6.45, 7) is 6.42. The fraction of sp³-hybridized carbons (Fsp3) is 0.367. The lowest BCUT2D eigenvalue weighted by molar-refractivity contribution is -0.131. The second-order valence-electron chi connectivity index (χ2n) is 10.6. The standard InChI is InChI=1S/C30H28N2O4/c1-18-8-9-19(2)24(16-18)35-15-14-30-13-12-29(3,36-30)25-26(30)28(34)32(27(25)33)23-11-10-20(17-31)21-6-4-5-7-22(21)23/h4-11,16,25-26H,12-15H2,1-3H3/t25-,26+,29-,30-/m0/s1. The molecular weight excluding hydrogens is 452 g/mol. The number of hydrogen-bond acceptors (Lipinski definition) is 5. The zero-order chi connectivity index (χ0) is 25.2. The van der Waals surface area contributed by atoms with E-state index in [1.807, 2.05) is 57.2 Å². The van der Waals surface area contributed by atoms with Gasteiger partial charge in [-0.05, 0) is 62.9 Å². The molecular formula is C30H28N2O4. The molecule has 0 unspecified atom stereocenters. The zero-order valence-electron chi connectivity index (χ0n) is 20.7. The highest BCUT2D eigenvalue weighted by Gasteiger charge is 2.73. The Morgan fingerprint density at radius 3 is 2.56 bits per heavy atom. The monoisotopic (exact) mass is 480 g/mol. The summed E-state index contributed by atoms with van der Waals surface area (Å²) in [5.41, 5.74) is 1.85. The van der Waals surface area contributed by atoms with Crippen molar-refractivity contribution in [3.8, 4) is 11.8 Å². The van der Waals surface area contributed by atoms with Crippen molar-refractivity contribution in [3.05, 3.63) is 71.3 Å². The van der Waals surface area contributed by atoms with Crippen LogP contribution in [0.3, 0.4) is 0 Å². The molecule has 0 N–H and O–H groups in total. The van der Waals surface area contributed by atoms with Crippen molar-refractivity contribution >= 4 is 28.3 Å². The van der Waals surface area contributed by atoms with Crippen molar-refractivity contribution < 1.29 is 19.1 Å². The smallest absolute Gasteiger partial charge is 0.240 e. The minimum atomic E-state index is -0.721. The molecule has 6 heteroatoms. The third-order valence-electron chi connectivity index (χ3n) is 8.40. The predicted octanol–water partition coefficient (Wildman–Crippen LogP) is 5.22. The molecule has 0 aliphatic carbocycles. The predicted molar refractivity (Wildman–Crippen MR) is 136 cm³/mol. The van der Waals surface area contributed by atoms with Gasteiger partial charge in [-0.15, -0.1) is 0 Å². The van der Waals surface area contributed by atoms with Crippen LogP contribution < -0.4 is 9.64 Å². The summed E-state index contributed by atoms with van der Waals surface area (Å²) in [5.74, 6) is -0.648. The molecule has 3 fully saturated rings. The summed E-state index contributed by atoms with van der Waals surface area (Å²) in [6, 6.07) is 19.2. The maximum absolute atomic E-state index is 14.0. The molecule has 3 aromatic rings. The minimum Gasteiger partial charge on any atom is -0.493 e. The molecule has 2 amide bonds. The van der Waals surface area contributed by atoms with Gasteiger partial charge in [0.15, 0.2) is 0 Å². The molecule has 3 aliphatic heterocycles. The lowest BCUT2D eigenvalue weighted by Gasteiger charge is -2.31. The summed E-state index contributed by atoms with van der Waals surface area (Å²) < 4.78 is 12.7. The fourth-order valence-corrected chi connectivity index (χ4v) is 6.62. The molecule has 6 nitrogen and oxygen atoms in total. The van der Waals surface area contributed by atoms with Crippen molar-refractivity contribution in [2.75, 3.05) is 11.5 Å². The Kier molecular flexibility index (Phi) is 5.00. The Bertz CT molecular complexity index is 1470. The summed E-state index contributed by atoms with van der Waals surface area (Å²) >= 11 is 0. The summed E-state index contributed by atoms with van der Waals surface area (Å²) in [6.07, 6.45) is 2.00. The van der Waals surface area contributed by atoms with Crippen molar-refractivity contribution in [1.82, 2.24) is 0 Å². The van der Waals surface area contributed by atoms with Crippen LogP contribution in [-0.2, 0) is 14.3 Å². The third-order valence-corrected chi connectivity index (χ3v) is 8.40. The number of anilines is 1. The Morgan fingerprint density at radius 2 is 1.78 bits per heavy atom. The van der Waals surface area contributed by atoms with E-state index in [1.165, 1.54) is 4.90 Å². The first-order valence-electron chi connectivity index (χ1n) is 12.5. The van der Waals surface area contributed by atoms with Gasteiger partial charge in [0.1, 0.15) is 5.75 Å². The second-order valence-corrected chi connectivity index (χ2v) is 10.6. The SMILES string of the molecule is Cc1ccc(C)c(OCC[C@]23CC[C@](C)(O2)[C@@H]2C(=O)N(c4ccc(C#N)c5ccccc45)C(=O)[C@@H]23)c1. The molecule has 182 valence electrons. The quantitative estimate of drug-likeness (QED) is 0.468. The number of benzene rings is 3. The van der Waals surface area contributed by atoms with Crippen LogP contribution in [0.2, 0.25) is 0 Å². The van der Waals surface area contributed by atoms with Crippen LogP contribution in [0.4, 0.5) is 5.69 Å². The van der Waals surface area contributed by atoms with Gasteiger partial charge in [0.2, 0.25) is 11.8 Å². The minimum absolute atomic E-state index is 0.209. The largest absolute Gasteiger partial charge is 0.493 e. The van der Waals surface area contributed by atoms with Gasteiger partial charge in [-0.1, -0.05) is 36.4 Å². The lowest BCUT2D eigenvalue weighted by atomic mass is 9.67. The van der Waals surface area contributed by atoms with Crippen LogP contribution in [0.15, 0.2) is 54.6 Å². The number of rotatable bonds is 5. The summed E-state index contributed by atoms with van der Waals surface area (Å²) in [4.78, 5) is 29.2. The van der Waals surface area contributed by atoms with Crippen molar-refractivity contribution in [1.29, 1.82) is 5.26 Å². The van der Waals surface area contributed by atoms with Crippen molar-refractivity contribution in [3.63, 3.8) is 0 Å². The van der Waals surface area contributed by atoms with Crippen molar-refractivity contribution in [2.45, 2.75) is 51.2 Å². The number of amides is 2. The van der Waals surface area contributed by atoms with Gasteiger partial charge in [-0.25, -0.2) is 4.90 Å². The van der Waals surface area contributed by atoms with Crippen LogP contribution in [0.1, 0.15) is 42.9 Å². The summed E-state index contributed by atoms with van der Waals surface area (Å²) in [7, 11) is 0. The topological polar surface area (TPSA) is 79.6 Å². The third kappa shape index (κ3) is 3.12. The number of hydrogen-bond donors (Lipinski definition) is 0. The lowest BCUT2D eigenvalue weighted by Crippen LogP contribution is -2.43. The number of nitriles is 1. The molecule has 0 saturated carbocycles. The van der Waals surface area contributed by atoms with Gasteiger partial charge in [0, 0.05) is 17.2 Å². The van der Waals surface area contributed by atoms with E-state index in [0.717, 1.165) is 40.5 Å². The van der Waals surface area contributed by atoms with E-state index >= 15 is 0 Å². The van der Waals surface area contributed by atoms with E-state index in [-0.39, 0.29) is 11.8 Å². The van der Waals surface area contributed by atoms with E-state index in [4.69, 9.17) is 9.47 Å². The van der Waals surface area contributed by atoms with Gasteiger partial charge >= 0.3 is 0 Å². The molecule has 0 radical (unpaired) electrons. The second kappa shape index (κ2) is 7.91. The van der Waals surface area contributed by atoms with Crippen LogP contribution in [0.5, 0.6) is 5.75 Å². The molecule has 3 saturated heterocycles. The first-order valence-corrected chi connectivity index (χ1v) is 12.5. The molecule has 3 aromatic carbocycles. The average Bonchev–Trinajstić information content (AvgIpc) is 3.45. The molecule has 3 aliphatic rings. The van der Waals surface area contributed by atoms with Gasteiger partial charge < -0.3 is 9.47 Å². The fourth-order valence-electron chi connectivity index (χ4n) is 6.62. The van der Waals surface area contributed by atoms with E-state index < -0.39 is 23.0 Å². The number of nitrogens with zero attached hydrogens (tertiary/aromatic N) is 2. The van der Waals surface area contributed by atoms with E-state index in [2.05, 4.69) is 12.1 Å². The maximum atomic E-state index is 14.0. The summed E-state index contributed by atoms with van der Waals surface area (Å²) in [5, 5.41) is 11.0. The number of carbonyl (C=O) groups excluding carboxylic acids is 2. The molecule has 4 atom stereocenters. The average molecular weight is 481 g/mol. The Labute approximate surface area is 210 Å². The zero-order valence-corrected chi connectivity index (χ0v) is 20.7. The number of ether oxygens (including phenoxy) is 2. The number of imide groups is 1. The van der Waals surface area contributed by atoms with Gasteiger partial charge in [-0.2, -0.15) is 5.26 Å². The molecule has 36 heavy (non-hydrogen) atoms. The Hall–Kier alpha value is -3.69. The highest BCUT2D eigenvalue weighted by molar-refractivity contribution is 6.26. The highest BCUT2D eigenvalue weighted by atomic mass is 16.5. The normalized spacial score (nSPS) is 28.6. The molecule has 0 aromatic heterocycles. The van der Waals surface area contributed by atoms with Crippen LogP contribution >= 0.6 is 0 Å². The van der Waals surface area contributed by atoms with Crippen LogP contribution in [0, 0.1) is 37.0 Å². The number of aryl methyl sites for hydroxylation is 2. The Balaban J connectivity index is 1.33. The first-order chi connectivity index (χ1) is 17.3. The van der Waals surface area contributed by atoms with E-state index in [1.54, 1.807) is 12.1 Å². The number of fused-ring (bicyclic) bond motifs is 6. The van der Waals surface area contributed by atoms with Gasteiger partial charge in [0.05, 0.1) is 47.0 Å². The van der Waals surface area contributed by atoms with Crippen molar-refractivity contribution in [2.24, 2.45) is 11.8 Å². The van der Waals surface area contributed by atoms with E-state index in [9.17, 15) is 14.9 Å². The first kappa shape index (κ1) is 22.8. The molecule has 0 spiro atoms. The van der Waals surface area contributed by atoms with E-state index in [0.29, 0.717) is 24.3 Å². The van der Waals surface area contributed by atoms with Crippen LogP contribution in [-0.4, -0.2) is 29.6 Å². The Morgan fingerprint density at radius 1 is 1.03 bits per heavy atom. The van der Waals surface area contributed by atoms with Gasteiger partial charge in [0.25, 0.3) is 0 Å². The molecule has 2 bridgehead atoms. The highest BCUT2D eigenvalue weighted by Crippen LogP contribution is 2.62. The van der Waals surface area contributed by atoms with Gasteiger partial charge in [-0.3, -0.25) is 9.59 Å².